The molecule has 0 unspecified atom stereocenters. The number of aromatic nitrogens is 2. The molecule has 1 heterocycles. The molecule has 24 heavy (non-hydrogen) atoms. The highest BCUT2D eigenvalue weighted by atomic mass is 32.2. The summed E-state index contributed by atoms with van der Waals surface area (Å²) in [6.07, 6.45) is 4.25. The Balaban J connectivity index is 0.000000891. The van der Waals surface area contributed by atoms with E-state index in [4.69, 9.17) is 5.11 Å². The number of aliphatic hydroxyl groups is 1. The average molecular weight is 357 g/mol. The van der Waals surface area contributed by atoms with Gasteiger partial charge in [0.15, 0.2) is 0 Å². The molecular weight excluding hydrogens is 338 g/mol. The molecule has 0 fully saturated rings. The van der Waals surface area contributed by atoms with Crippen LogP contribution in [0.5, 0.6) is 0 Å². The fraction of sp³-hybridized carbons (Fsp3) is 0.357. The van der Waals surface area contributed by atoms with Crippen LogP contribution in [0.1, 0.15) is 18.1 Å². The second kappa shape index (κ2) is 9.11. The Morgan fingerprint density at radius 3 is 2.58 bits per heavy atom. The second-order valence-corrected chi connectivity index (χ2v) is 6.35. The van der Waals surface area contributed by atoms with E-state index in [-0.39, 0.29) is 24.5 Å². The molecule has 0 bridgehead atoms. The van der Waals surface area contributed by atoms with E-state index in [1.807, 2.05) is 0 Å². The van der Waals surface area contributed by atoms with Gasteiger partial charge >= 0.3 is 0 Å². The first-order chi connectivity index (χ1) is 11.3. The smallest absolute Gasteiger partial charge is 0.275 e. The van der Waals surface area contributed by atoms with Crippen molar-refractivity contribution in [3.63, 3.8) is 0 Å². The number of nitro groups is 1. The van der Waals surface area contributed by atoms with Gasteiger partial charge in [-0.2, -0.15) is 13.5 Å². The lowest BCUT2D eigenvalue weighted by Crippen LogP contribution is -2.06. The lowest BCUT2D eigenvalue weighted by atomic mass is 10.1. The van der Waals surface area contributed by atoms with Gasteiger partial charge in [0.2, 0.25) is 0 Å². The maximum absolute atomic E-state index is 11.1. The molecule has 0 radical (unpaired) electrons. The minimum Gasteiger partial charge on any atom is -0.397 e. The third-order valence-electron chi connectivity index (χ3n) is 2.68. The van der Waals surface area contributed by atoms with E-state index in [1.54, 1.807) is 36.1 Å². The maximum atomic E-state index is 11.1. The van der Waals surface area contributed by atoms with Gasteiger partial charge in [0.1, 0.15) is 0 Å². The van der Waals surface area contributed by atoms with E-state index in [0.29, 0.717) is 12.1 Å². The van der Waals surface area contributed by atoms with Crippen molar-refractivity contribution in [2.24, 2.45) is 0 Å². The fourth-order valence-corrected chi connectivity index (χ4v) is 2.09. The topological polar surface area (TPSA) is 125 Å². The molecule has 0 spiro atoms. The highest BCUT2D eigenvalue weighted by Crippen LogP contribution is 2.22. The zero-order valence-corrected chi connectivity index (χ0v) is 14.1. The highest BCUT2D eigenvalue weighted by Gasteiger charge is 2.16. The van der Waals surface area contributed by atoms with Gasteiger partial charge in [0.25, 0.3) is 15.8 Å². The van der Waals surface area contributed by atoms with Crippen LogP contribution in [0.4, 0.5) is 5.69 Å². The van der Waals surface area contributed by atoms with Crippen LogP contribution in [0.25, 0.3) is 0 Å². The predicted molar refractivity (Wildman–Crippen MR) is 86.8 cm³/mol. The number of nitro benzene ring substituents is 1. The predicted octanol–water partition coefficient (Wildman–Crippen LogP) is 1.31. The number of hydrogen-bond donors (Lipinski definition) is 1. The molecule has 0 aliphatic heterocycles. The number of benzene rings is 1. The summed E-state index contributed by atoms with van der Waals surface area (Å²) >= 11 is 0. The number of aliphatic hydroxyl groups excluding tert-OH is 1. The van der Waals surface area contributed by atoms with E-state index in [9.17, 15) is 18.5 Å². The molecule has 0 aliphatic rings. The molecule has 0 aliphatic carbocycles. The molecule has 0 saturated heterocycles. The van der Waals surface area contributed by atoms with Gasteiger partial charge in [-0.1, -0.05) is 6.07 Å². The Morgan fingerprint density at radius 1 is 1.42 bits per heavy atom. The van der Waals surface area contributed by atoms with Crippen molar-refractivity contribution in [1.29, 1.82) is 0 Å². The Labute approximate surface area is 139 Å². The summed E-state index contributed by atoms with van der Waals surface area (Å²) in [6.45, 7) is 1.96. The Morgan fingerprint density at radius 2 is 2.08 bits per heavy atom. The van der Waals surface area contributed by atoms with Crippen molar-refractivity contribution in [1.82, 2.24) is 9.78 Å². The van der Waals surface area contributed by atoms with Gasteiger partial charge in [-0.15, -0.1) is 0 Å². The molecule has 1 aromatic carbocycles. The van der Waals surface area contributed by atoms with Crippen molar-refractivity contribution >= 4 is 15.8 Å². The summed E-state index contributed by atoms with van der Waals surface area (Å²) in [5.41, 5.74) is 0.714. The van der Waals surface area contributed by atoms with Crippen LogP contribution in [-0.2, 0) is 27.5 Å². The normalized spacial score (nSPS) is 10.8. The van der Waals surface area contributed by atoms with Gasteiger partial charge < -0.3 is 5.11 Å². The summed E-state index contributed by atoms with van der Waals surface area (Å²) in [4.78, 5) is 10.5. The second-order valence-electron chi connectivity index (χ2n) is 4.71. The van der Waals surface area contributed by atoms with Crippen molar-refractivity contribution < 1.29 is 22.6 Å². The Bertz CT molecular complexity index is 759. The van der Waals surface area contributed by atoms with Crippen molar-refractivity contribution in [3.05, 3.63) is 57.9 Å². The molecule has 132 valence electrons. The molecule has 2 rings (SSSR count). The van der Waals surface area contributed by atoms with Gasteiger partial charge in [-0.25, -0.2) is 0 Å². The number of hydrogen-bond acceptors (Lipinski definition) is 7. The molecule has 1 N–H and O–H groups in total. The summed E-state index contributed by atoms with van der Waals surface area (Å²) in [5.74, 6) is 0. The Kier molecular flexibility index (Phi) is 7.49. The number of nitrogens with zero attached hydrogens (tertiary/aromatic N) is 3. The summed E-state index contributed by atoms with van der Waals surface area (Å²) in [6, 6.07) is 6.31. The van der Waals surface area contributed by atoms with Crippen LogP contribution < -0.4 is 0 Å². The van der Waals surface area contributed by atoms with E-state index in [0.717, 1.165) is 6.26 Å². The van der Waals surface area contributed by atoms with Crippen LogP contribution in [0, 0.1) is 10.1 Å². The third-order valence-corrected chi connectivity index (χ3v) is 3.22. The van der Waals surface area contributed by atoms with Gasteiger partial charge in [-0.05, 0) is 24.6 Å². The molecule has 0 atom stereocenters. The lowest BCUT2D eigenvalue weighted by molar-refractivity contribution is -0.385. The first-order valence-electron chi connectivity index (χ1n) is 6.95. The standard InChI is InChI=1S/C12H13N3O5S.C2H6O/c1-21(18,19)20-9-11-4-3-10(7-12(11)15(16)17)8-14-6-2-5-13-14;1-2-3/h2-7H,8-9H2,1H3;3H,2H2,1H3. The van der Waals surface area contributed by atoms with Gasteiger partial charge in [0.05, 0.1) is 29.9 Å². The van der Waals surface area contributed by atoms with E-state index < -0.39 is 15.0 Å². The zero-order chi connectivity index (χ0) is 18.2. The molecule has 0 saturated carbocycles. The molecule has 2 aromatic rings. The summed E-state index contributed by atoms with van der Waals surface area (Å²) in [5, 5.41) is 22.7. The quantitative estimate of drug-likeness (QED) is 0.469. The monoisotopic (exact) mass is 357 g/mol. The molecular formula is C14H19N3O6S. The van der Waals surface area contributed by atoms with Crippen molar-refractivity contribution in [3.8, 4) is 0 Å². The summed E-state index contributed by atoms with van der Waals surface area (Å²) < 4.78 is 28.2. The van der Waals surface area contributed by atoms with Gasteiger partial charge in [0, 0.05) is 25.1 Å². The maximum Gasteiger partial charge on any atom is 0.275 e. The third kappa shape index (κ3) is 6.86. The van der Waals surface area contributed by atoms with Crippen LogP contribution in [0.15, 0.2) is 36.7 Å². The van der Waals surface area contributed by atoms with Crippen LogP contribution in [0.3, 0.4) is 0 Å². The molecule has 9 nitrogen and oxygen atoms in total. The fourth-order valence-electron chi connectivity index (χ4n) is 1.75. The van der Waals surface area contributed by atoms with Crippen molar-refractivity contribution in [2.45, 2.75) is 20.1 Å². The zero-order valence-electron chi connectivity index (χ0n) is 13.3. The van der Waals surface area contributed by atoms with Gasteiger partial charge in [-0.3, -0.25) is 19.0 Å². The van der Waals surface area contributed by atoms with E-state index in [2.05, 4.69) is 9.28 Å². The molecule has 1 aromatic heterocycles. The first kappa shape index (κ1) is 19.7. The minimum absolute atomic E-state index is 0.177. The lowest BCUT2D eigenvalue weighted by Gasteiger charge is -2.06. The minimum atomic E-state index is -3.65. The number of rotatable bonds is 6. The van der Waals surface area contributed by atoms with Crippen LogP contribution in [-0.4, -0.2) is 41.1 Å². The van der Waals surface area contributed by atoms with E-state index >= 15 is 0 Å². The average Bonchev–Trinajstić information content (AvgIpc) is 2.98. The van der Waals surface area contributed by atoms with Crippen molar-refractivity contribution in [2.75, 3.05) is 12.9 Å². The molecule has 10 heteroatoms. The largest absolute Gasteiger partial charge is 0.397 e. The Hall–Kier alpha value is -2.30. The van der Waals surface area contributed by atoms with E-state index in [1.165, 1.54) is 12.1 Å². The summed E-state index contributed by atoms with van der Waals surface area (Å²) in [7, 11) is -3.65. The van der Waals surface area contributed by atoms with Crippen LogP contribution in [0.2, 0.25) is 0 Å². The highest BCUT2D eigenvalue weighted by molar-refractivity contribution is 7.85. The van der Waals surface area contributed by atoms with Crippen LogP contribution >= 0.6 is 0 Å². The SMILES string of the molecule is CCO.CS(=O)(=O)OCc1ccc(Cn2cccn2)cc1[N+](=O)[O-]. The first-order valence-corrected chi connectivity index (χ1v) is 8.77. The molecule has 0 amide bonds.